The van der Waals surface area contributed by atoms with Crippen LogP contribution in [0.1, 0.15) is 24.2 Å². The number of rotatable bonds is 1. The predicted molar refractivity (Wildman–Crippen MR) is 66.0 cm³/mol. The molecule has 1 amide bonds. The maximum atomic E-state index is 12.6. The Morgan fingerprint density at radius 1 is 1.39 bits per heavy atom. The van der Waals surface area contributed by atoms with Gasteiger partial charge in [0.2, 0.25) is 0 Å². The molecule has 3 nitrogen and oxygen atoms in total. The molecule has 0 radical (unpaired) electrons. The third kappa shape index (κ3) is 2.55. The second kappa shape index (κ2) is 4.60. The van der Waals surface area contributed by atoms with Gasteiger partial charge in [-0.3, -0.25) is 0 Å². The molecule has 2 rings (SSSR count). The highest BCUT2D eigenvalue weighted by Gasteiger charge is 2.36. The van der Waals surface area contributed by atoms with E-state index in [1.165, 1.54) is 6.07 Å². The maximum Gasteiger partial charge on any atom is 0.416 e. The molecular formula is C11H9F3INO2. The van der Waals surface area contributed by atoms with Crippen LogP contribution >= 0.6 is 22.6 Å². The fraction of sp³-hybridized carbons (Fsp3) is 0.364. The first-order chi connectivity index (χ1) is 8.29. The number of cyclic esters (lactones) is 1. The molecule has 0 unspecified atom stereocenters. The molecule has 18 heavy (non-hydrogen) atoms. The smallest absolute Gasteiger partial charge is 0.416 e. The van der Waals surface area contributed by atoms with Crippen molar-refractivity contribution in [1.29, 1.82) is 0 Å². The number of nitrogens with one attached hydrogen (secondary N) is 1. The molecule has 1 saturated heterocycles. The average Bonchev–Trinajstić information content (AvgIpc) is 2.56. The standard InChI is InChI=1S/C11H9F3INO2/c1-5-9(18-10(17)16-5)7-4-6(11(12,13)14)2-3-8(7)15/h2-5,9H,1H3,(H,16,17)/t5-,9+/m0/s1. The van der Waals surface area contributed by atoms with Gasteiger partial charge in [-0.05, 0) is 47.7 Å². The van der Waals surface area contributed by atoms with Crippen molar-refractivity contribution in [1.82, 2.24) is 5.32 Å². The molecule has 0 bridgehead atoms. The van der Waals surface area contributed by atoms with Gasteiger partial charge in [0, 0.05) is 9.13 Å². The molecule has 0 aliphatic carbocycles. The van der Waals surface area contributed by atoms with E-state index in [1.54, 1.807) is 6.92 Å². The normalized spacial score (nSPS) is 23.7. The highest BCUT2D eigenvalue weighted by molar-refractivity contribution is 14.1. The Labute approximate surface area is 115 Å². The Morgan fingerprint density at radius 3 is 2.56 bits per heavy atom. The Kier molecular flexibility index (Phi) is 3.43. The van der Waals surface area contributed by atoms with Crippen LogP contribution in [0, 0.1) is 3.57 Å². The van der Waals surface area contributed by atoms with Crippen LogP contribution in [0.5, 0.6) is 0 Å². The van der Waals surface area contributed by atoms with Crippen LogP contribution in [-0.4, -0.2) is 12.1 Å². The van der Waals surface area contributed by atoms with Crippen molar-refractivity contribution in [2.75, 3.05) is 0 Å². The van der Waals surface area contributed by atoms with Crippen LogP contribution in [0.3, 0.4) is 0 Å². The van der Waals surface area contributed by atoms with E-state index in [0.29, 0.717) is 9.13 Å². The number of alkyl carbamates (subject to hydrolysis) is 1. The number of amides is 1. The van der Waals surface area contributed by atoms with Crippen molar-refractivity contribution in [2.24, 2.45) is 0 Å². The monoisotopic (exact) mass is 371 g/mol. The molecule has 1 aromatic rings. The Hall–Kier alpha value is -0.990. The Morgan fingerprint density at radius 2 is 2.06 bits per heavy atom. The summed E-state index contributed by atoms with van der Waals surface area (Å²) in [5.74, 6) is 0. The van der Waals surface area contributed by atoms with E-state index in [-0.39, 0.29) is 6.04 Å². The minimum absolute atomic E-state index is 0.352. The number of carbonyl (C=O) groups is 1. The zero-order valence-corrected chi connectivity index (χ0v) is 11.4. The van der Waals surface area contributed by atoms with Gasteiger partial charge < -0.3 is 10.1 Å². The lowest BCUT2D eigenvalue weighted by Gasteiger charge is -2.17. The zero-order valence-electron chi connectivity index (χ0n) is 9.22. The summed E-state index contributed by atoms with van der Waals surface area (Å²) >= 11 is 1.93. The summed E-state index contributed by atoms with van der Waals surface area (Å²) in [5, 5.41) is 2.50. The SMILES string of the molecule is C[C@@H]1NC(=O)O[C@H]1c1cc(C(F)(F)F)ccc1I. The molecule has 1 fully saturated rings. The molecule has 0 aromatic heterocycles. The van der Waals surface area contributed by atoms with Crippen molar-refractivity contribution in [3.8, 4) is 0 Å². The van der Waals surface area contributed by atoms with Crippen molar-refractivity contribution in [3.05, 3.63) is 32.9 Å². The second-order valence-corrected chi connectivity index (χ2v) is 5.16. The predicted octanol–water partition coefficient (Wildman–Crippen LogP) is 3.48. The first-order valence-corrected chi connectivity index (χ1v) is 6.20. The van der Waals surface area contributed by atoms with Gasteiger partial charge in [0.1, 0.15) is 6.10 Å². The number of hydrogen-bond acceptors (Lipinski definition) is 2. The number of hydrogen-bond donors (Lipinski definition) is 1. The lowest BCUT2D eigenvalue weighted by Crippen LogP contribution is -2.24. The third-order valence-corrected chi connectivity index (χ3v) is 3.65. The molecule has 1 aliphatic rings. The van der Waals surface area contributed by atoms with Crippen molar-refractivity contribution in [2.45, 2.75) is 25.2 Å². The summed E-state index contributed by atoms with van der Waals surface area (Å²) in [4.78, 5) is 11.1. The van der Waals surface area contributed by atoms with Crippen LogP contribution < -0.4 is 5.32 Å². The lowest BCUT2D eigenvalue weighted by atomic mass is 10.0. The summed E-state index contributed by atoms with van der Waals surface area (Å²) in [5.41, 5.74) is -0.371. The lowest BCUT2D eigenvalue weighted by molar-refractivity contribution is -0.137. The highest BCUT2D eigenvalue weighted by atomic mass is 127. The zero-order chi connectivity index (χ0) is 13.5. The van der Waals surface area contributed by atoms with E-state index in [0.717, 1.165) is 12.1 Å². The van der Waals surface area contributed by atoms with E-state index < -0.39 is 23.9 Å². The minimum atomic E-state index is -4.40. The number of benzene rings is 1. The van der Waals surface area contributed by atoms with Gasteiger partial charge in [-0.25, -0.2) is 4.79 Å². The molecule has 1 heterocycles. The van der Waals surface area contributed by atoms with Crippen LogP contribution in [0.25, 0.3) is 0 Å². The van der Waals surface area contributed by atoms with Crippen molar-refractivity contribution < 1.29 is 22.7 Å². The van der Waals surface area contributed by atoms with E-state index in [1.807, 2.05) is 22.6 Å². The first kappa shape index (κ1) is 13.4. The molecule has 1 aliphatic heterocycles. The van der Waals surface area contributed by atoms with Gasteiger partial charge >= 0.3 is 12.3 Å². The Bertz CT molecular complexity index is 490. The van der Waals surface area contributed by atoms with Crippen molar-refractivity contribution in [3.63, 3.8) is 0 Å². The van der Waals surface area contributed by atoms with Crippen LogP contribution in [0.4, 0.5) is 18.0 Å². The van der Waals surface area contributed by atoms with E-state index in [4.69, 9.17) is 4.74 Å². The molecule has 0 spiro atoms. The number of carbonyl (C=O) groups excluding carboxylic acids is 1. The van der Waals surface area contributed by atoms with Gasteiger partial charge in [0.15, 0.2) is 0 Å². The fourth-order valence-electron chi connectivity index (χ4n) is 1.78. The molecule has 0 saturated carbocycles. The molecule has 2 atom stereocenters. The molecular weight excluding hydrogens is 362 g/mol. The topological polar surface area (TPSA) is 38.3 Å². The second-order valence-electron chi connectivity index (χ2n) is 3.99. The largest absolute Gasteiger partial charge is 0.439 e. The average molecular weight is 371 g/mol. The fourth-order valence-corrected chi connectivity index (χ4v) is 2.43. The van der Waals surface area contributed by atoms with Crippen LogP contribution in [0.15, 0.2) is 18.2 Å². The Balaban J connectivity index is 2.41. The van der Waals surface area contributed by atoms with Gasteiger partial charge in [-0.1, -0.05) is 0 Å². The molecule has 7 heteroatoms. The van der Waals surface area contributed by atoms with E-state index in [2.05, 4.69) is 5.32 Å². The number of halogens is 4. The van der Waals surface area contributed by atoms with Crippen molar-refractivity contribution >= 4 is 28.7 Å². The summed E-state index contributed by atoms with van der Waals surface area (Å²) in [6.07, 6.45) is -5.70. The van der Waals surface area contributed by atoms with Gasteiger partial charge in [-0.15, -0.1) is 0 Å². The minimum Gasteiger partial charge on any atom is -0.439 e. The molecule has 1 N–H and O–H groups in total. The van der Waals surface area contributed by atoms with Gasteiger partial charge in [-0.2, -0.15) is 13.2 Å². The molecule has 1 aromatic carbocycles. The summed E-state index contributed by atoms with van der Waals surface area (Å²) in [6.45, 7) is 1.69. The highest BCUT2D eigenvalue weighted by Crippen LogP contribution is 2.35. The van der Waals surface area contributed by atoms with E-state index >= 15 is 0 Å². The number of alkyl halides is 3. The first-order valence-electron chi connectivity index (χ1n) is 5.13. The van der Waals surface area contributed by atoms with Gasteiger partial charge in [0.25, 0.3) is 0 Å². The summed E-state index contributed by atoms with van der Waals surface area (Å²) < 4.78 is 43.5. The maximum absolute atomic E-state index is 12.6. The van der Waals surface area contributed by atoms with Crippen LogP contribution in [-0.2, 0) is 10.9 Å². The quantitative estimate of drug-likeness (QED) is 0.768. The van der Waals surface area contributed by atoms with Crippen LogP contribution in [0.2, 0.25) is 0 Å². The number of ether oxygens (including phenoxy) is 1. The summed E-state index contributed by atoms with van der Waals surface area (Å²) in [7, 11) is 0. The third-order valence-electron chi connectivity index (χ3n) is 2.66. The van der Waals surface area contributed by atoms with E-state index in [9.17, 15) is 18.0 Å². The van der Waals surface area contributed by atoms with Gasteiger partial charge in [0.05, 0.1) is 11.6 Å². The summed E-state index contributed by atoms with van der Waals surface area (Å²) in [6, 6.07) is 3.07. The molecule has 98 valence electrons.